The highest BCUT2D eigenvalue weighted by Crippen LogP contribution is 2.27. The lowest BCUT2D eigenvalue weighted by Crippen LogP contribution is -2.25. The molecule has 0 fully saturated rings. The van der Waals surface area contributed by atoms with Gasteiger partial charge in [0.05, 0.1) is 10.7 Å². The number of tetrazole rings is 1. The summed E-state index contributed by atoms with van der Waals surface area (Å²) in [4.78, 5) is 31.9. The van der Waals surface area contributed by atoms with E-state index in [1.807, 2.05) is 0 Å². The fourth-order valence-corrected chi connectivity index (χ4v) is 4.84. The molecule has 232 valence electrons. The van der Waals surface area contributed by atoms with Gasteiger partial charge in [0.15, 0.2) is 11.6 Å². The van der Waals surface area contributed by atoms with Crippen molar-refractivity contribution in [3.8, 4) is 5.82 Å². The van der Waals surface area contributed by atoms with Crippen molar-refractivity contribution in [2.24, 2.45) is 0 Å². The molecule has 3 heterocycles. The topological polar surface area (TPSA) is 120 Å². The van der Waals surface area contributed by atoms with E-state index in [1.54, 1.807) is 19.1 Å². The highest BCUT2D eigenvalue weighted by molar-refractivity contribution is 6.32. The normalized spacial score (nSPS) is 11.6. The first kappa shape index (κ1) is 31.7. The number of nitrogens with one attached hydrogen (secondary N) is 1. The number of amides is 1. The van der Waals surface area contributed by atoms with Crippen LogP contribution < -0.4 is 5.32 Å². The Morgan fingerprint density at radius 1 is 1.02 bits per heavy atom. The van der Waals surface area contributed by atoms with Crippen molar-refractivity contribution in [2.45, 2.75) is 32.6 Å². The molecule has 3 aromatic heterocycles. The number of pyridine rings is 1. The molecule has 0 bridgehead atoms. The highest BCUT2D eigenvalue weighted by Gasteiger charge is 2.37. The number of benzene rings is 2. The molecule has 0 saturated heterocycles. The van der Waals surface area contributed by atoms with Crippen molar-refractivity contribution < 1.29 is 31.5 Å². The molecule has 0 saturated carbocycles. The minimum absolute atomic E-state index is 0.0320. The van der Waals surface area contributed by atoms with Crippen LogP contribution in [0.5, 0.6) is 0 Å². The quantitative estimate of drug-likeness (QED) is 0.162. The maximum Gasteiger partial charge on any atom is 0.455 e. The van der Waals surface area contributed by atoms with Crippen LogP contribution >= 0.6 is 23.2 Å². The fraction of sp³-hybridized carbons (Fsp3) is 0.179. The van der Waals surface area contributed by atoms with Gasteiger partial charge in [-0.25, -0.2) is 18.4 Å². The van der Waals surface area contributed by atoms with Crippen LogP contribution in [0.25, 0.3) is 5.82 Å². The highest BCUT2D eigenvalue weighted by atomic mass is 35.5. The number of ketones is 1. The molecule has 0 unspecified atom stereocenters. The molecule has 1 amide bonds. The van der Waals surface area contributed by atoms with Gasteiger partial charge in [-0.3, -0.25) is 9.59 Å². The smallest absolute Gasteiger partial charge is 0.348 e. The van der Waals surface area contributed by atoms with E-state index in [-0.39, 0.29) is 63.5 Å². The van der Waals surface area contributed by atoms with Crippen molar-refractivity contribution in [1.82, 2.24) is 40.3 Å². The van der Waals surface area contributed by atoms with Gasteiger partial charge in [0.2, 0.25) is 0 Å². The average molecular weight is 665 g/mol. The van der Waals surface area contributed by atoms with Crippen LogP contribution in [0.2, 0.25) is 10.0 Å². The molecular weight excluding hydrogens is 646 g/mol. The summed E-state index contributed by atoms with van der Waals surface area (Å²) >= 11 is 12.5. The molecule has 0 radical (unpaired) electrons. The van der Waals surface area contributed by atoms with E-state index in [0.29, 0.717) is 16.4 Å². The van der Waals surface area contributed by atoms with Crippen LogP contribution in [0.1, 0.15) is 49.1 Å². The predicted molar refractivity (Wildman–Crippen MR) is 150 cm³/mol. The van der Waals surface area contributed by atoms with Gasteiger partial charge in [-0.15, -0.1) is 10.2 Å². The first-order valence-corrected chi connectivity index (χ1v) is 13.6. The Kier molecular flexibility index (Phi) is 8.93. The maximum absolute atomic E-state index is 14.1. The number of hydrogen-bond acceptors (Lipinski definition) is 7. The van der Waals surface area contributed by atoms with Crippen LogP contribution in [-0.4, -0.2) is 46.7 Å². The number of halogens is 7. The standard InChI is InChI=1S/C28H19Cl2F5N8O2/c1-14-7-16(29)8-20(26(45)37-12-15-4-5-17(31)9-22(15)32)19(14)11-24(44)23-10-18(13-42-40-27(38-41-42)28(33,34)35)39-43(23)25-21(30)3-2-6-36-25/h2-10H,11-13H2,1H3,(H,37,45). The SMILES string of the molecule is Cc1cc(Cl)cc(C(=O)NCc2ccc(F)cc2F)c1CC(=O)c1cc(Cn2nnc(C(F)(F)F)n2)nn1-c1ncccc1Cl. The molecule has 2 aromatic carbocycles. The second-order valence-corrected chi connectivity index (χ2v) is 10.5. The molecule has 0 atom stereocenters. The molecule has 0 aliphatic rings. The Bertz CT molecular complexity index is 1930. The van der Waals surface area contributed by atoms with Gasteiger partial charge in [-0.1, -0.05) is 29.3 Å². The summed E-state index contributed by atoms with van der Waals surface area (Å²) in [6, 6.07) is 10.2. The minimum Gasteiger partial charge on any atom is -0.348 e. The summed E-state index contributed by atoms with van der Waals surface area (Å²) in [5.41, 5.74) is 0.867. The van der Waals surface area contributed by atoms with Crippen molar-refractivity contribution >= 4 is 34.9 Å². The first-order chi connectivity index (χ1) is 21.3. The lowest BCUT2D eigenvalue weighted by molar-refractivity contribution is -0.145. The molecule has 0 aliphatic carbocycles. The molecule has 45 heavy (non-hydrogen) atoms. The second-order valence-electron chi connectivity index (χ2n) is 9.65. The van der Waals surface area contributed by atoms with E-state index >= 15 is 0 Å². The molecular formula is C28H19Cl2F5N8O2. The summed E-state index contributed by atoms with van der Waals surface area (Å²) < 4.78 is 67.4. The third-order valence-electron chi connectivity index (χ3n) is 6.47. The summed E-state index contributed by atoms with van der Waals surface area (Å²) in [6.45, 7) is 0.983. The summed E-state index contributed by atoms with van der Waals surface area (Å²) in [5.74, 6) is -4.25. The lowest BCUT2D eigenvalue weighted by atomic mass is 9.95. The van der Waals surface area contributed by atoms with Gasteiger partial charge < -0.3 is 5.32 Å². The number of Topliss-reactive ketones (excluding diaryl/α,β-unsaturated/α-hetero) is 1. The Hall–Kier alpha value is -4.76. The monoisotopic (exact) mass is 664 g/mol. The molecule has 17 heteroatoms. The van der Waals surface area contributed by atoms with Gasteiger partial charge in [0.1, 0.15) is 23.9 Å². The average Bonchev–Trinajstić information content (AvgIpc) is 3.62. The van der Waals surface area contributed by atoms with Gasteiger partial charge in [0.25, 0.3) is 11.7 Å². The van der Waals surface area contributed by atoms with Crippen LogP contribution in [0, 0.1) is 18.6 Å². The van der Waals surface area contributed by atoms with E-state index < -0.39 is 35.3 Å². The third-order valence-corrected chi connectivity index (χ3v) is 6.98. The van der Waals surface area contributed by atoms with Gasteiger partial charge in [-0.05, 0) is 59.7 Å². The van der Waals surface area contributed by atoms with Crippen LogP contribution in [-0.2, 0) is 25.7 Å². The van der Waals surface area contributed by atoms with Crippen molar-refractivity contribution in [3.05, 3.63) is 116 Å². The Morgan fingerprint density at radius 2 is 1.80 bits per heavy atom. The maximum atomic E-state index is 14.1. The molecule has 10 nitrogen and oxygen atoms in total. The number of rotatable bonds is 9. The molecule has 5 rings (SSSR count). The Labute approximate surface area is 260 Å². The minimum atomic E-state index is -4.81. The summed E-state index contributed by atoms with van der Waals surface area (Å²) in [6.07, 6.45) is -3.76. The number of aromatic nitrogens is 7. The lowest BCUT2D eigenvalue weighted by Gasteiger charge is -2.14. The zero-order valence-electron chi connectivity index (χ0n) is 22.9. The van der Waals surface area contributed by atoms with E-state index in [1.165, 1.54) is 30.5 Å². The molecule has 1 N–H and O–H groups in total. The number of alkyl halides is 3. The summed E-state index contributed by atoms with van der Waals surface area (Å²) in [7, 11) is 0. The Balaban J connectivity index is 1.47. The second kappa shape index (κ2) is 12.7. The van der Waals surface area contributed by atoms with Gasteiger partial charge in [-0.2, -0.15) is 23.1 Å². The third kappa shape index (κ3) is 7.15. The van der Waals surface area contributed by atoms with E-state index in [0.717, 1.165) is 10.7 Å². The Morgan fingerprint density at radius 3 is 2.49 bits per heavy atom. The van der Waals surface area contributed by atoms with E-state index in [9.17, 15) is 31.5 Å². The van der Waals surface area contributed by atoms with Gasteiger partial charge in [0, 0.05) is 41.4 Å². The molecule has 0 aliphatic heterocycles. The molecule has 5 aromatic rings. The zero-order valence-corrected chi connectivity index (χ0v) is 24.4. The number of carbonyl (C=O) groups excluding carboxylic acids is 2. The van der Waals surface area contributed by atoms with Crippen molar-refractivity contribution in [3.63, 3.8) is 0 Å². The zero-order chi connectivity index (χ0) is 32.5. The van der Waals surface area contributed by atoms with Gasteiger partial charge >= 0.3 is 6.18 Å². The van der Waals surface area contributed by atoms with Crippen LogP contribution in [0.4, 0.5) is 22.0 Å². The van der Waals surface area contributed by atoms with Crippen molar-refractivity contribution in [1.29, 1.82) is 0 Å². The number of nitrogens with zero attached hydrogens (tertiary/aromatic N) is 7. The predicted octanol–water partition coefficient (Wildman–Crippen LogP) is 5.57. The first-order valence-electron chi connectivity index (χ1n) is 12.9. The molecule has 0 spiro atoms. The number of hydrogen-bond donors (Lipinski definition) is 1. The largest absolute Gasteiger partial charge is 0.455 e. The van der Waals surface area contributed by atoms with E-state index in [2.05, 4.69) is 30.8 Å². The van der Waals surface area contributed by atoms with Crippen molar-refractivity contribution in [2.75, 3.05) is 0 Å². The fourth-order valence-electron chi connectivity index (χ4n) is 4.37. The number of aryl methyl sites for hydroxylation is 1. The van der Waals surface area contributed by atoms with Crippen LogP contribution in [0.3, 0.4) is 0 Å². The van der Waals surface area contributed by atoms with E-state index in [4.69, 9.17) is 23.2 Å². The number of carbonyl (C=O) groups is 2. The van der Waals surface area contributed by atoms with Crippen LogP contribution in [0.15, 0.2) is 54.7 Å². The summed E-state index contributed by atoms with van der Waals surface area (Å²) in [5, 5.41) is 16.9.